The Morgan fingerprint density at radius 2 is 1.86 bits per heavy atom. The number of amides is 2. The summed E-state index contributed by atoms with van der Waals surface area (Å²) in [5.74, 6) is 1.78. The summed E-state index contributed by atoms with van der Waals surface area (Å²) in [6.45, 7) is 6.88. The fraction of sp³-hybridized carbons (Fsp3) is 0.875. The summed E-state index contributed by atoms with van der Waals surface area (Å²) in [5.41, 5.74) is 0. The summed E-state index contributed by atoms with van der Waals surface area (Å²) in [6, 6.07) is -0.264. The number of thioether (sulfide) groups is 1. The van der Waals surface area contributed by atoms with Crippen LogP contribution in [0.1, 0.15) is 33.1 Å². The number of hydrogen-bond acceptors (Lipinski definition) is 4. The lowest BCUT2D eigenvalue weighted by Gasteiger charge is -2.34. The minimum absolute atomic E-state index is 0.121. The van der Waals surface area contributed by atoms with Gasteiger partial charge in [0.15, 0.2) is 0 Å². The third-order valence-electron chi connectivity index (χ3n) is 4.55. The first kappa shape index (κ1) is 16.1. The second-order valence-electron chi connectivity index (χ2n) is 6.89. The lowest BCUT2D eigenvalue weighted by atomic mass is 10.1. The van der Waals surface area contributed by atoms with E-state index in [0.29, 0.717) is 32.2 Å². The van der Waals surface area contributed by atoms with Gasteiger partial charge in [0.25, 0.3) is 0 Å². The van der Waals surface area contributed by atoms with Crippen molar-refractivity contribution in [3.63, 3.8) is 0 Å². The van der Waals surface area contributed by atoms with Crippen LogP contribution in [0.3, 0.4) is 0 Å². The quantitative estimate of drug-likeness (QED) is 0.787. The first-order valence-electron chi connectivity index (χ1n) is 8.38. The van der Waals surface area contributed by atoms with Gasteiger partial charge in [-0.05, 0) is 25.2 Å². The molecule has 1 aliphatic carbocycles. The molecular weight excluding hydrogens is 300 g/mol. The van der Waals surface area contributed by atoms with E-state index >= 15 is 0 Å². The zero-order valence-corrected chi connectivity index (χ0v) is 14.3. The molecule has 3 aliphatic rings. The highest BCUT2D eigenvalue weighted by Crippen LogP contribution is 2.40. The molecule has 2 heterocycles. The van der Waals surface area contributed by atoms with Crippen molar-refractivity contribution in [2.45, 2.75) is 44.5 Å². The molecule has 3 fully saturated rings. The SMILES string of the molecule is CC(C)CC1SCC(C(=O)N2CCOCC2)N1C(=O)C1CC1. The predicted octanol–water partition coefficient (Wildman–Crippen LogP) is 1.57. The van der Waals surface area contributed by atoms with Crippen LogP contribution in [0.15, 0.2) is 0 Å². The van der Waals surface area contributed by atoms with Crippen molar-refractivity contribution in [1.82, 2.24) is 9.80 Å². The van der Waals surface area contributed by atoms with E-state index in [2.05, 4.69) is 13.8 Å². The first-order chi connectivity index (χ1) is 10.6. The minimum atomic E-state index is -0.264. The summed E-state index contributed by atoms with van der Waals surface area (Å²) in [5, 5.41) is 0.170. The largest absolute Gasteiger partial charge is 0.378 e. The molecule has 0 spiro atoms. The summed E-state index contributed by atoms with van der Waals surface area (Å²) >= 11 is 1.78. The highest BCUT2D eigenvalue weighted by atomic mass is 32.2. The van der Waals surface area contributed by atoms with Crippen LogP contribution < -0.4 is 0 Å². The van der Waals surface area contributed by atoms with Crippen LogP contribution >= 0.6 is 11.8 Å². The Hall–Kier alpha value is -0.750. The van der Waals surface area contributed by atoms with Crippen LogP contribution in [0.25, 0.3) is 0 Å². The Kier molecular flexibility index (Phi) is 4.97. The van der Waals surface area contributed by atoms with Gasteiger partial charge in [0.1, 0.15) is 6.04 Å². The Labute approximate surface area is 136 Å². The van der Waals surface area contributed by atoms with E-state index in [1.165, 1.54) is 0 Å². The van der Waals surface area contributed by atoms with Gasteiger partial charge in [-0.3, -0.25) is 9.59 Å². The number of nitrogens with zero attached hydrogens (tertiary/aromatic N) is 2. The molecular formula is C16H26N2O3S. The lowest BCUT2D eigenvalue weighted by Crippen LogP contribution is -2.54. The van der Waals surface area contributed by atoms with Gasteiger partial charge >= 0.3 is 0 Å². The maximum atomic E-state index is 12.9. The van der Waals surface area contributed by atoms with Gasteiger partial charge in [-0.1, -0.05) is 13.8 Å². The molecule has 0 radical (unpaired) electrons. The van der Waals surface area contributed by atoms with Gasteiger partial charge in [0, 0.05) is 24.8 Å². The van der Waals surface area contributed by atoms with Crippen molar-refractivity contribution in [1.29, 1.82) is 0 Å². The fourth-order valence-electron chi connectivity index (χ4n) is 3.17. The molecule has 2 saturated heterocycles. The van der Waals surface area contributed by atoms with Gasteiger partial charge in [0.2, 0.25) is 11.8 Å². The van der Waals surface area contributed by atoms with Gasteiger partial charge < -0.3 is 14.5 Å². The molecule has 3 rings (SSSR count). The normalized spacial score (nSPS) is 29.2. The average Bonchev–Trinajstić information content (AvgIpc) is 3.28. The van der Waals surface area contributed by atoms with E-state index in [1.807, 2.05) is 9.80 Å². The standard InChI is InChI=1S/C16H26N2O3S/c1-11(2)9-14-18(15(19)12-3-4-12)13(10-22-14)16(20)17-5-7-21-8-6-17/h11-14H,3-10H2,1-2H3. The second kappa shape index (κ2) is 6.79. The highest BCUT2D eigenvalue weighted by molar-refractivity contribution is 8.00. The molecule has 22 heavy (non-hydrogen) atoms. The maximum Gasteiger partial charge on any atom is 0.246 e. The van der Waals surface area contributed by atoms with Crippen LogP contribution in [0.2, 0.25) is 0 Å². The molecule has 6 heteroatoms. The molecule has 0 aromatic rings. The monoisotopic (exact) mass is 326 g/mol. The maximum absolute atomic E-state index is 12.9. The summed E-state index contributed by atoms with van der Waals surface area (Å²) in [6.07, 6.45) is 2.95. The first-order valence-corrected chi connectivity index (χ1v) is 9.43. The Bertz CT molecular complexity index is 433. The summed E-state index contributed by atoms with van der Waals surface area (Å²) in [4.78, 5) is 29.4. The molecule has 124 valence electrons. The number of carbonyl (C=O) groups excluding carboxylic acids is 2. The fourth-order valence-corrected chi connectivity index (χ4v) is 4.81. The van der Waals surface area contributed by atoms with Crippen molar-refractivity contribution in [3.05, 3.63) is 0 Å². The third kappa shape index (κ3) is 3.43. The van der Waals surface area contributed by atoms with Gasteiger partial charge in [-0.15, -0.1) is 11.8 Å². The van der Waals surface area contributed by atoms with E-state index < -0.39 is 0 Å². The number of morpholine rings is 1. The van der Waals surface area contributed by atoms with E-state index in [-0.39, 0.29) is 29.1 Å². The predicted molar refractivity (Wildman–Crippen MR) is 86.5 cm³/mol. The number of hydrogen-bond donors (Lipinski definition) is 0. The Morgan fingerprint density at radius 3 is 2.45 bits per heavy atom. The van der Waals surface area contributed by atoms with Crippen LogP contribution in [0, 0.1) is 11.8 Å². The van der Waals surface area contributed by atoms with Crippen molar-refractivity contribution < 1.29 is 14.3 Å². The zero-order chi connectivity index (χ0) is 15.7. The smallest absolute Gasteiger partial charge is 0.246 e. The summed E-state index contributed by atoms with van der Waals surface area (Å²) in [7, 11) is 0. The molecule has 2 amide bonds. The average molecular weight is 326 g/mol. The molecule has 2 unspecified atom stereocenters. The summed E-state index contributed by atoms with van der Waals surface area (Å²) < 4.78 is 5.33. The van der Waals surface area contributed by atoms with Crippen LogP contribution in [-0.2, 0) is 14.3 Å². The van der Waals surface area contributed by atoms with Crippen molar-refractivity contribution >= 4 is 23.6 Å². The molecule has 5 nitrogen and oxygen atoms in total. The lowest BCUT2D eigenvalue weighted by molar-refractivity contribution is -0.148. The number of carbonyl (C=O) groups is 2. The number of ether oxygens (including phenoxy) is 1. The van der Waals surface area contributed by atoms with Crippen molar-refractivity contribution in [3.8, 4) is 0 Å². The number of rotatable bonds is 4. The van der Waals surface area contributed by atoms with Gasteiger partial charge in [0.05, 0.1) is 18.6 Å². The van der Waals surface area contributed by atoms with E-state index in [4.69, 9.17) is 4.74 Å². The van der Waals surface area contributed by atoms with Gasteiger partial charge in [-0.2, -0.15) is 0 Å². The van der Waals surface area contributed by atoms with E-state index in [1.54, 1.807) is 11.8 Å². The molecule has 1 saturated carbocycles. The molecule has 2 aliphatic heterocycles. The van der Waals surface area contributed by atoms with E-state index in [9.17, 15) is 9.59 Å². The zero-order valence-electron chi connectivity index (χ0n) is 13.5. The van der Waals surface area contributed by atoms with Crippen LogP contribution in [0.4, 0.5) is 0 Å². The molecule has 0 bridgehead atoms. The Morgan fingerprint density at radius 1 is 1.18 bits per heavy atom. The van der Waals surface area contributed by atoms with Crippen LogP contribution in [0.5, 0.6) is 0 Å². The Balaban J connectivity index is 1.73. The molecule has 0 aromatic carbocycles. The third-order valence-corrected chi connectivity index (χ3v) is 5.87. The van der Waals surface area contributed by atoms with Crippen LogP contribution in [-0.4, -0.2) is 65.1 Å². The van der Waals surface area contributed by atoms with Crippen molar-refractivity contribution in [2.24, 2.45) is 11.8 Å². The molecule has 0 aromatic heterocycles. The molecule has 0 N–H and O–H groups in total. The highest BCUT2D eigenvalue weighted by Gasteiger charge is 2.47. The minimum Gasteiger partial charge on any atom is -0.378 e. The van der Waals surface area contributed by atoms with E-state index in [0.717, 1.165) is 25.0 Å². The van der Waals surface area contributed by atoms with Crippen molar-refractivity contribution in [2.75, 3.05) is 32.1 Å². The molecule has 2 atom stereocenters. The van der Waals surface area contributed by atoms with Gasteiger partial charge in [-0.25, -0.2) is 0 Å². The second-order valence-corrected chi connectivity index (χ2v) is 8.10. The topological polar surface area (TPSA) is 49.9 Å².